The molecule has 0 bridgehead atoms. The number of nitrogens with two attached hydrogens (primary N) is 1. The van der Waals surface area contributed by atoms with Gasteiger partial charge in [0.1, 0.15) is 0 Å². The maximum absolute atomic E-state index is 5.68. The van der Waals surface area contributed by atoms with Crippen LogP contribution in [-0.2, 0) is 4.74 Å². The van der Waals surface area contributed by atoms with E-state index in [1.807, 2.05) is 10.8 Å². The molecule has 12 heavy (non-hydrogen) atoms. The molecule has 1 saturated heterocycles. The van der Waals surface area contributed by atoms with E-state index in [1.165, 1.54) is 0 Å². The molecule has 0 aliphatic carbocycles. The molecule has 1 fully saturated rings. The van der Waals surface area contributed by atoms with Crippen molar-refractivity contribution >= 4 is 5.95 Å². The van der Waals surface area contributed by atoms with E-state index in [1.54, 1.807) is 6.20 Å². The quantitative estimate of drug-likeness (QED) is 0.673. The second-order valence-corrected chi connectivity index (χ2v) is 3.04. The molecule has 0 unspecified atom stereocenters. The van der Waals surface area contributed by atoms with E-state index in [2.05, 4.69) is 4.98 Å². The van der Waals surface area contributed by atoms with E-state index in [9.17, 15) is 0 Å². The SMILES string of the molecule is Nc1nccn1C1CCOCC1. The highest BCUT2D eigenvalue weighted by atomic mass is 16.5. The first-order valence-electron chi connectivity index (χ1n) is 4.24. The molecular weight excluding hydrogens is 154 g/mol. The zero-order valence-corrected chi connectivity index (χ0v) is 6.94. The van der Waals surface area contributed by atoms with Crippen LogP contribution in [-0.4, -0.2) is 22.8 Å². The summed E-state index contributed by atoms with van der Waals surface area (Å²) in [5, 5.41) is 0. The summed E-state index contributed by atoms with van der Waals surface area (Å²) in [4.78, 5) is 3.99. The molecular formula is C8H13N3O. The van der Waals surface area contributed by atoms with Crippen LogP contribution < -0.4 is 5.73 Å². The van der Waals surface area contributed by atoms with E-state index < -0.39 is 0 Å². The highest BCUT2D eigenvalue weighted by Crippen LogP contribution is 2.22. The Balaban J connectivity index is 2.13. The van der Waals surface area contributed by atoms with Gasteiger partial charge in [0.05, 0.1) is 0 Å². The van der Waals surface area contributed by atoms with Gasteiger partial charge in [0.15, 0.2) is 5.95 Å². The normalized spacial score (nSPS) is 19.7. The lowest BCUT2D eigenvalue weighted by molar-refractivity contribution is 0.0701. The topological polar surface area (TPSA) is 53.1 Å². The van der Waals surface area contributed by atoms with E-state index in [0.717, 1.165) is 26.1 Å². The number of anilines is 1. The fourth-order valence-corrected chi connectivity index (χ4v) is 1.60. The summed E-state index contributed by atoms with van der Waals surface area (Å²) in [6.07, 6.45) is 5.76. The number of hydrogen-bond donors (Lipinski definition) is 1. The smallest absolute Gasteiger partial charge is 0.200 e. The monoisotopic (exact) mass is 167 g/mol. The Bertz CT molecular complexity index is 253. The predicted octanol–water partition coefficient (Wildman–Crippen LogP) is 0.817. The fraction of sp³-hybridized carbons (Fsp3) is 0.625. The summed E-state index contributed by atoms with van der Waals surface area (Å²) in [6.45, 7) is 1.67. The van der Waals surface area contributed by atoms with Gasteiger partial charge in [-0.25, -0.2) is 4.98 Å². The van der Waals surface area contributed by atoms with Crippen molar-refractivity contribution in [3.05, 3.63) is 12.4 Å². The number of rotatable bonds is 1. The molecule has 66 valence electrons. The van der Waals surface area contributed by atoms with E-state index in [-0.39, 0.29) is 0 Å². The molecule has 0 radical (unpaired) electrons. The van der Waals surface area contributed by atoms with Crippen molar-refractivity contribution in [2.24, 2.45) is 0 Å². The van der Waals surface area contributed by atoms with Gasteiger partial charge >= 0.3 is 0 Å². The van der Waals surface area contributed by atoms with E-state index >= 15 is 0 Å². The van der Waals surface area contributed by atoms with Gasteiger partial charge in [-0.3, -0.25) is 0 Å². The summed E-state index contributed by atoms with van der Waals surface area (Å²) in [5.41, 5.74) is 5.68. The highest BCUT2D eigenvalue weighted by molar-refractivity contribution is 5.18. The Hall–Kier alpha value is -1.03. The molecule has 0 amide bonds. The van der Waals surface area contributed by atoms with Gasteiger partial charge < -0.3 is 15.0 Å². The molecule has 0 spiro atoms. The van der Waals surface area contributed by atoms with Gasteiger partial charge in [0.25, 0.3) is 0 Å². The van der Waals surface area contributed by atoms with Crippen LogP contribution in [0.2, 0.25) is 0 Å². The van der Waals surface area contributed by atoms with Crippen molar-refractivity contribution < 1.29 is 4.74 Å². The average molecular weight is 167 g/mol. The summed E-state index contributed by atoms with van der Waals surface area (Å²) >= 11 is 0. The first-order valence-corrected chi connectivity index (χ1v) is 4.24. The molecule has 2 rings (SSSR count). The van der Waals surface area contributed by atoms with Crippen molar-refractivity contribution in [1.29, 1.82) is 0 Å². The van der Waals surface area contributed by atoms with Crippen molar-refractivity contribution in [2.75, 3.05) is 18.9 Å². The standard InChI is InChI=1S/C8H13N3O/c9-8-10-3-4-11(8)7-1-5-12-6-2-7/h3-4,7H,1-2,5-6H2,(H2,9,10). The van der Waals surface area contributed by atoms with Crippen molar-refractivity contribution in [3.63, 3.8) is 0 Å². The van der Waals surface area contributed by atoms with Crippen molar-refractivity contribution in [3.8, 4) is 0 Å². The van der Waals surface area contributed by atoms with Crippen molar-refractivity contribution in [2.45, 2.75) is 18.9 Å². The van der Waals surface area contributed by atoms with Gasteiger partial charge in [-0.15, -0.1) is 0 Å². The third-order valence-corrected chi connectivity index (χ3v) is 2.28. The fourth-order valence-electron chi connectivity index (χ4n) is 1.60. The number of imidazole rings is 1. The Morgan fingerprint density at radius 2 is 2.25 bits per heavy atom. The predicted molar refractivity (Wildman–Crippen MR) is 45.7 cm³/mol. The minimum absolute atomic E-state index is 0.487. The summed E-state index contributed by atoms with van der Waals surface area (Å²) < 4.78 is 7.29. The Labute approximate surface area is 71.3 Å². The second kappa shape index (κ2) is 3.15. The van der Waals surface area contributed by atoms with Gasteiger partial charge in [-0.1, -0.05) is 0 Å². The molecule has 1 aliphatic rings. The third-order valence-electron chi connectivity index (χ3n) is 2.28. The zero-order valence-electron chi connectivity index (χ0n) is 6.94. The molecule has 0 saturated carbocycles. The van der Waals surface area contributed by atoms with E-state index in [0.29, 0.717) is 12.0 Å². The van der Waals surface area contributed by atoms with Gasteiger partial charge in [-0.05, 0) is 12.8 Å². The van der Waals surface area contributed by atoms with Gasteiger partial charge in [-0.2, -0.15) is 0 Å². The maximum Gasteiger partial charge on any atom is 0.200 e. The minimum atomic E-state index is 0.487. The minimum Gasteiger partial charge on any atom is -0.381 e. The highest BCUT2D eigenvalue weighted by Gasteiger charge is 2.16. The molecule has 2 heterocycles. The summed E-state index contributed by atoms with van der Waals surface area (Å²) in [5.74, 6) is 0.613. The van der Waals surface area contributed by atoms with Crippen LogP contribution in [0, 0.1) is 0 Å². The van der Waals surface area contributed by atoms with Crippen LogP contribution in [0.4, 0.5) is 5.95 Å². The Morgan fingerprint density at radius 1 is 1.50 bits per heavy atom. The van der Waals surface area contributed by atoms with Crippen LogP contribution in [0.3, 0.4) is 0 Å². The lowest BCUT2D eigenvalue weighted by atomic mass is 10.1. The Morgan fingerprint density at radius 3 is 2.83 bits per heavy atom. The molecule has 4 nitrogen and oxygen atoms in total. The number of aromatic nitrogens is 2. The molecule has 1 aliphatic heterocycles. The number of nitrogens with zero attached hydrogens (tertiary/aromatic N) is 2. The van der Waals surface area contributed by atoms with Crippen LogP contribution in [0.5, 0.6) is 0 Å². The molecule has 0 atom stereocenters. The van der Waals surface area contributed by atoms with Gasteiger partial charge in [0.2, 0.25) is 0 Å². The lowest BCUT2D eigenvalue weighted by Gasteiger charge is -2.23. The molecule has 1 aromatic heterocycles. The van der Waals surface area contributed by atoms with Crippen LogP contribution >= 0.6 is 0 Å². The summed E-state index contributed by atoms with van der Waals surface area (Å²) in [7, 11) is 0. The third kappa shape index (κ3) is 1.30. The van der Waals surface area contributed by atoms with Crippen LogP contribution in [0.1, 0.15) is 18.9 Å². The molecule has 1 aromatic rings. The molecule has 2 N–H and O–H groups in total. The molecule has 0 aromatic carbocycles. The number of nitrogen functional groups attached to an aromatic ring is 1. The Kier molecular flexibility index (Phi) is 1.99. The van der Waals surface area contributed by atoms with E-state index in [4.69, 9.17) is 10.5 Å². The maximum atomic E-state index is 5.68. The van der Waals surface area contributed by atoms with Crippen molar-refractivity contribution in [1.82, 2.24) is 9.55 Å². The first-order chi connectivity index (χ1) is 5.88. The first kappa shape index (κ1) is 7.61. The average Bonchev–Trinajstić information content (AvgIpc) is 2.53. The van der Waals surface area contributed by atoms with Crippen LogP contribution in [0.15, 0.2) is 12.4 Å². The molecule has 4 heteroatoms. The lowest BCUT2D eigenvalue weighted by Crippen LogP contribution is -2.20. The largest absolute Gasteiger partial charge is 0.381 e. The summed E-state index contributed by atoms with van der Waals surface area (Å²) in [6, 6.07) is 0.487. The second-order valence-electron chi connectivity index (χ2n) is 3.04. The number of ether oxygens (including phenoxy) is 1. The van der Waals surface area contributed by atoms with Gasteiger partial charge in [0, 0.05) is 31.6 Å². The number of hydrogen-bond acceptors (Lipinski definition) is 3. The van der Waals surface area contributed by atoms with Crippen LogP contribution in [0.25, 0.3) is 0 Å². The zero-order chi connectivity index (χ0) is 8.39.